The van der Waals surface area contributed by atoms with Gasteiger partial charge in [0.25, 0.3) is 0 Å². The van der Waals surface area contributed by atoms with E-state index >= 15 is 0 Å². The number of nitrogens with one attached hydrogen (secondary N) is 2. The quantitative estimate of drug-likeness (QED) is 0.561. The van der Waals surface area contributed by atoms with E-state index in [2.05, 4.69) is 52.5 Å². The van der Waals surface area contributed by atoms with Gasteiger partial charge in [-0.2, -0.15) is 0 Å². The molecule has 1 aliphatic heterocycles. The summed E-state index contributed by atoms with van der Waals surface area (Å²) >= 11 is 18.8. The van der Waals surface area contributed by atoms with Gasteiger partial charge < -0.3 is 13.2 Å². The summed E-state index contributed by atoms with van der Waals surface area (Å²) in [4.78, 5) is 0. The number of halogens is 3. The summed E-state index contributed by atoms with van der Waals surface area (Å²) in [5.74, 6) is 0. The van der Waals surface area contributed by atoms with Crippen LogP contribution in [0.15, 0.2) is 0 Å². The number of rotatable bonds is 1. The van der Waals surface area contributed by atoms with Crippen molar-refractivity contribution in [2.24, 2.45) is 0 Å². The number of hydrogen-bond donors (Lipinski definition) is 2. The average Bonchev–Trinajstić information content (AvgIpc) is 1.67. The van der Waals surface area contributed by atoms with Crippen molar-refractivity contribution in [2.75, 3.05) is 0 Å². The van der Waals surface area contributed by atoms with Crippen molar-refractivity contribution in [3.63, 3.8) is 0 Å². The van der Waals surface area contributed by atoms with Crippen LogP contribution in [0.2, 0.25) is 39.3 Å². The Labute approximate surface area is 117 Å². The fourth-order valence-corrected chi connectivity index (χ4v) is 41.0. The van der Waals surface area contributed by atoms with Gasteiger partial charge in [0.1, 0.15) is 0 Å². The minimum absolute atomic E-state index is 1.55. The van der Waals surface area contributed by atoms with E-state index in [0.717, 1.165) is 0 Å². The lowest BCUT2D eigenvalue weighted by Gasteiger charge is -2.58. The molecule has 1 rings (SSSR count). The second kappa shape index (κ2) is 4.32. The van der Waals surface area contributed by atoms with Crippen LogP contribution in [0.25, 0.3) is 0 Å². The fraction of sp³-hybridized carbons (Fsp3) is 1.00. The van der Waals surface area contributed by atoms with Crippen LogP contribution < -0.4 is 9.30 Å². The first-order chi connectivity index (χ1) is 6.78. The molecule has 0 aromatic heterocycles. The molecule has 96 valence electrons. The Morgan fingerprint density at radius 1 is 0.812 bits per heavy atom. The predicted molar refractivity (Wildman–Crippen MR) is 83.9 cm³/mol. The smallest absolute Gasteiger partial charge is 0.337 e. The Hall–Kier alpha value is 1.62. The van der Waals surface area contributed by atoms with E-state index in [4.69, 9.17) is 33.2 Å². The highest BCUT2D eigenvalue weighted by molar-refractivity contribution is 7.66. The van der Waals surface area contributed by atoms with Crippen molar-refractivity contribution in [1.82, 2.24) is 13.2 Å². The molecule has 1 saturated heterocycles. The normalized spacial score (nSPS) is 29.1. The summed E-state index contributed by atoms with van der Waals surface area (Å²) in [6.45, 7) is 13.5. The summed E-state index contributed by atoms with van der Waals surface area (Å²) < 4.78 is 9.75. The molecule has 1 fully saturated rings. The van der Waals surface area contributed by atoms with Gasteiger partial charge in [0.05, 0.1) is 0 Å². The van der Waals surface area contributed by atoms with Crippen LogP contribution in [-0.2, 0) is 0 Å². The van der Waals surface area contributed by atoms with Crippen LogP contribution in [0.1, 0.15) is 0 Å². The Morgan fingerprint density at radius 2 is 1.12 bits per heavy atom. The van der Waals surface area contributed by atoms with Crippen LogP contribution in [-0.4, -0.2) is 35.3 Å². The highest BCUT2D eigenvalue weighted by Crippen LogP contribution is 2.36. The Kier molecular flexibility index (Phi) is 4.24. The summed E-state index contributed by atoms with van der Waals surface area (Å²) in [6.07, 6.45) is -2.82. The van der Waals surface area contributed by atoms with Gasteiger partial charge in [0, 0.05) is 0 Å². The van der Waals surface area contributed by atoms with E-state index in [9.17, 15) is 0 Å². The Balaban J connectivity index is 3.17. The third-order valence-corrected chi connectivity index (χ3v) is 28.0. The van der Waals surface area contributed by atoms with Gasteiger partial charge in [0.2, 0.25) is 0 Å². The van der Waals surface area contributed by atoms with Crippen molar-refractivity contribution in [1.29, 1.82) is 0 Å². The van der Waals surface area contributed by atoms with E-state index < -0.39 is 31.4 Å². The molecule has 0 amide bonds. The maximum atomic E-state index is 6.27. The molecule has 2 N–H and O–H groups in total. The van der Waals surface area contributed by atoms with E-state index in [0.29, 0.717) is 0 Å². The second-order valence-electron chi connectivity index (χ2n) is 5.80. The SMILES string of the molecule is C[Si]1(C)N[Si](C)(C)N([Si](Cl)(Cl)Cl)[Si](C)(C)N1. The van der Waals surface area contributed by atoms with Gasteiger partial charge in [-0.25, -0.2) is 0 Å². The van der Waals surface area contributed by atoms with Crippen LogP contribution in [0.3, 0.4) is 0 Å². The molecule has 0 aromatic carbocycles. The standard InChI is InChI=1S/C6H20Cl3N3Si4/c1-13(2)10-14(3,4)12(16(7,8)9)15(5,6)11-13/h10-11H,1-6H3. The van der Waals surface area contributed by atoms with E-state index in [1.54, 1.807) is 0 Å². The van der Waals surface area contributed by atoms with Crippen molar-refractivity contribution >= 4 is 64.6 Å². The van der Waals surface area contributed by atoms with Crippen LogP contribution in [0, 0.1) is 0 Å². The molecule has 0 bridgehead atoms. The number of nitrogens with zero attached hydrogens (tertiary/aromatic N) is 1. The first kappa shape index (κ1) is 15.7. The first-order valence-corrected chi connectivity index (χ1v) is 19.1. The molecular formula is C6H20Cl3N3Si4. The second-order valence-corrected chi connectivity index (χ2v) is 27.6. The topological polar surface area (TPSA) is 27.3 Å². The first-order valence-electron chi connectivity index (χ1n) is 5.24. The van der Waals surface area contributed by atoms with Gasteiger partial charge in [-0.3, -0.25) is 0 Å². The highest BCUT2D eigenvalue weighted by atomic mass is 35.8. The Bertz CT molecular complexity index is 271. The summed E-state index contributed by atoms with van der Waals surface area (Å²) in [5.41, 5.74) is 0. The molecule has 3 nitrogen and oxygen atoms in total. The molecule has 0 aromatic rings. The lowest BCUT2D eigenvalue weighted by molar-refractivity contribution is 0.842. The third kappa shape index (κ3) is 3.34. The van der Waals surface area contributed by atoms with Gasteiger partial charge in [-0.1, -0.05) is 0 Å². The fourth-order valence-electron chi connectivity index (χ4n) is 3.01. The van der Waals surface area contributed by atoms with Crippen molar-refractivity contribution < 1.29 is 0 Å². The molecule has 0 aliphatic carbocycles. The van der Waals surface area contributed by atoms with Crippen LogP contribution in [0.4, 0.5) is 0 Å². The highest BCUT2D eigenvalue weighted by Gasteiger charge is 2.59. The van der Waals surface area contributed by atoms with Crippen molar-refractivity contribution in [3.8, 4) is 0 Å². The van der Waals surface area contributed by atoms with Crippen molar-refractivity contribution in [2.45, 2.75) is 39.3 Å². The van der Waals surface area contributed by atoms with Gasteiger partial charge in [-0.05, 0) is 39.3 Å². The van der Waals surface area contributed by atoms with Crippen LogP contribution >= 0.6 is 33.2 Å². The van der Waals surface area contributed by atoms with E-state index in [1.165, 1.54) is 0 Å². The molecule has 1 heterocycles. The lowest BCUT2D eigenvalue weighted by Crippen LogP contribution is -2.90. The lowest BCUT2D eigenvalue weighted by atomic mass is 11.9. The average molecular weight is 353 g/mol. The molecular weight excluding hydrogens is 333 g/mol. The zero-order valence-corrected chi connectivity index (χ0v) is 16.8. The molecule has 0 unspecified atom stereocenters. The summed E-state index contributed by atoms with van der Waals surface area (Å²) in [5, 5.41) is 0. The minimum Gasteiger partial charge on any atom is -0.337 e. The zero-order chi connectivity index (χ0) is 13.0. The monoisotopic (exact) mass is 351 g/mol. The minimum atomic E-state index is -2.82. The molecule has 0 radical (unpaired) electrons. The Morgan fingerprint density at radius 3 is 1.38 bits per heavy atom. The van der Waals surface area contributed by atoms with Gasteiger partial charge >= 0.3 is 6.16 Å². The maximum absolute atomic E-state index is 6.27. The summed E-state index contributed by atoms with van der Waals surface area (Å²) in [6, 6.07) is 0. The van der Waals surface area contributed by atoms with E-state index in [-0.39, 0.29) is 0 Å². The van der Waals surface area contributed by atoms with Crippen LogP contribution in [0.5, 0.6) is 0 Å². The molecule has 1 aliphatic rings. The molecule has 0 atom stereocenters. The van der Waals surface area contributed by atoms with Gasteiger partial charge in [0.15, 0.2) is 25.2 Å². The molecule has 16 heavy (non-hydrogen) atoms. The largest absolute Gasteiger partial charge is 0.413 e. The molecule has 0 saturated carbocycles. The predicted octanol–water partition coefficient (Wildman–Crippen LogP) is 2.74. The molecule has 0 spiro atoms. The zero-order valence-electron chi connectivity index (χ0n) is 10.6. The third-order valence-electron chi connectivity index (χ3n) is 2.61. The maximum Gasteiger partial charge on any atom is 0.413 e. The van der Waals surface area contributed by atoms with Gasteiger partial charge in [-0.15, -0.1) is 33.2 Å². The van der Waals surface area contributed by atoms with E-state index in [1.807, 2.05) is 0 Å². The number of hydrogen-bond acceptors (Lipinski definition) is 3. The molecule has 10 heteroatoms. The summed E-state index contributed by atoms with van der Waals surface area (Å²) in [7, 11) is -5.19. The van der Waals surface area contributed by atoms with Crippen molar-refractivity contribution in [3.05, 3.63) is 0 Å².